The molecule has 3 heteroatoms. The van der Waals surface area contributed by atoms with Crippen molar-refractivity contribution in [3.05, 3.63) is 12.7 Å². The summed E-state index contributed by atoms with van der Waals surface area (Å²) in [5.74, 6) is 0.431. The summed E-state index contributed by atoms with van der Waals surface area (Å²) in [6.07, 6.45) is 3.78. The van der Waals surface area contributed by atoms with Gasteiger partial charge < -0.3 is 4.90 Å². The Bertz CT molecular complexity index is 210. The van der Waals surface area contributed by atoms with Gasteiger partial charge in [0.15, 0.2) is 0 Å². The summed E-state index contributed by atoms with van der Waals surface area (Å²) in [7, 11) is 1.94. The highest BCUT2D eigenvalue weighted by atomic mass is 32.1. The van der Waals surface area contributed by atoms with Crippen molar-refractivity contribution in [2.45, 2.75) is 12.8 Å². The summed E-state index contributed by atoms with van der Waals surface area (Å²) >= 11 is 10.3. The first-order chi connectivity index (χ1) is 5.16. The molecule has 0 aliphatic carbocycles. The lowest BCUT2D eigenvalue weighted by Crippen LogP contribution is -2.22. The average molecular weight is 185 g/mol. The van der Waals surface area contributed by atoms with Gasteiger partial charge in [-0.3, -0.25) is 0 Å². The molecule has 1 saturated heterocycles. The van der Waals surface area contributed by atoms with Crippen LogP contribution in [0.4, 0.5) is 0 Å². The zero-order valence-corrected chi connectivity index (χ0v) is 8.17. The summed E-state index contributed by atoms with van der Waals surface area (Å²) in [4.78, 5) is 3.86. The van der Waals surface area contributed by atoms with Crippen LogP contribution >= 0.6 is 24.4 Å². The first-order valence-corrected chi connectivity index (χ1v) is 4.39. The Morgan fingerprint density at radius 3 is 2.73 bits per heavy atom. The van der Waals surface area contributed by atoms with E-state index in [0.29, 0.717) is 5.92 Å². The van der Waals surface area contributed by atoms with Gasteiger partial charge >= 0.3 is 0 Å². The van der Waals surface area contributed by atoms with Crippen LogP contribution < -0.4 is 0 Å². The number of thiocarbonyl (C=S) groups is 2. The molecule has 1 aliphatic rings. The molecule has 1 rings (SSSR count). The highest BCUT2D eigenvalue weighted by Crippen LogP contribution is 2.23. The van der Waals surface area contributed by atoms with Gasteiger partial charge in [0, 0.05) is 19.4 Å². The Morgan fingerprint density at radius 2 is 2.36 bits per heavy atom. The second-order valence-electron chi connectivity index (χ2n) is 2.72. The predicted octanol–water partition coefficient (Wildman–Crippen LogP) is 2.17. The first kappa shape index (κ1) is 8.81. The zero-order valence-electron chi connectivity index (χ0n) is 6.54. The standard InChI is InChI=1S/C8H11NS2/c1-3-4-6-5-7(10)9(2)8(6)11/h3,6H,1,4-5H2,2H3. The maximum atomic E-state index is 5.20. The summed E-state index contributed by atoms with van der Waals surface area (Å²) in [5, 5.41) is 0. The summed E-state index contributed by atoms with van der Waals surface area (Å²) in [6.45, 7) is 3.69. The van der Waals surface area contributed by atoms with Gasteiger partial charge in [0.05, 0.1) is 9.98 Å². The van der Waals surface area contributed by atoms with Gasteiger partial charge in [-0.15, -0.1) is 6.58 Å². The molecule has 0 aromatic heterocycles. The van der Waals surface area contributed by atoms with Gasteiger partial charge in [0.2, 0.25) is 0 Å². The van der Waals surface area contributed by atoms with Crippen LogP contribution in [0.5, 0.6) is 0 Å². The van der Waals surface area contributed by atoms with Crippen LogP contribution in [-0.4, -0.2) is 21.9 Å². The maximum absolute atomic E-state index is 5.20. The third-order valence-corrected chi connectivity index (χ3v) is 2.97. The minimum atomic E-state index is 0.431. The van der Waals surface area contributed by atoms with Gasteiger partial charge in [-0.25, -0.2) is 0 Å². The number of hydrogen-bond donors (Lipinski definition) is 0. The van der Waals surface area contributed by atoms with Gasteiger partial charge in [-0.05, 0) is 6.42 Å². The fraction of sp³-hybridized carbons (Fsp3) is 0.500. The molecule has 0 N–H and O–H groups in total. The molecule has 1 fully saturated rings. The van der Waals surface area contributed by atoms with Crippen LogP contribution in [0.25, 0.3) is 0 Å². The Kier molecular flexibility index (Phi) is 2.73. The molecule has 1 unspecified atom stereocenters. The molecule has 0 amide bonds. The second-order valence-corrected chi connectivity index (χ2v) is 3.61. The number of allylic oxidation sites excluding steroid dienone is 1. The summed E-state index contributed by atoms with van der Waals surface area (Å²) < 4.78 is 0. The topological polar surface area (TPSA) is 3.24 Å². The molecule has 0 aromatic rings. The lowest BCUT2D eigenvalue weighted by Gasteiger charge is -2.11. The van der Waals surface area contributed by atoms with Crippen molar-refractivity contribution in [3.63, 3.8) is 0 Å². The van der Waals surface area contributed by atoms with E-state index in [1.807, 2.05) is 18.0 Å². The molecule has 0 radical (unpaired) electrons. The van der Waals surface area contributed by atoms with E-state index in [1.165, 1.54) is 0 Å². The molecule has 1 nitrogen and oxygen atoms in total. The van der Waals surface area contributed by atoms with Crippen LogP contribution in [0.3, 0.4) is 0 Å². The molecule has 11 heavy (non-hydrogen) atoms. The highest BCUT2D eigenvalue weighted by molar-refractivity contribution is 7.82. The van der Waals surface area contributed by atoms with E-state index in [2.05, 4.69) is 6.58 Å². The number of likely N-dealkylation sites (tertiary alicyclic amines) is 1. The van der Waals surface area contributed by atoms with E-state index in [1.54, 1.807) is 0 Å². The van der Waals surface area contributed by atoms with Crippen molar-refractivity contribution in [2.24, 2.45) is 5.92 Å². The summed E-state index contributed by atoms with van der Waals surface area (Å²) in [6, 6.07) is 0. The van der Waals surface area contributed by atoms with Crippen LogP contribution in [-0.2, 0) is 0 Å². The Labute approximate surface area is 78.1 Å². The third kappa shape index (κ3) is 1.65. The molecule has 0 saturated carbocycles. The van der Waals surface area contributed by atoms with Crippen LogP contribution in [0.15, 0.2) is 12.7 Å². The van der Waals surface area contributed by atoms with Crippen LogP contribution in [0.1, 0.15) is 12.8 Å². The van der Waals surface area contributed by atoms with E-state index in [-0.39, 0.29) is 0 Å². The smallest absolute Gasteiger partial charge is 0.0863 e. The SMILES string of the molecule is C=CCC1CC(=S)N(C)C1=S. The van der Waals surface area contributed by atoms with Gasteiger partial charge in [0.25, 0.3) is 0 Å². The van der Waals surface area contributed by atoms with Gasteiger partial charge in [-0.2, -0.15) is 0 Å². The molecule has 0 aromatic carbocycles. The highest BCUT2D eigenvalue weighted by Gasteiger charge is 2.28. The minimum absolute atomic E-state index is 0.431. The minimum Gasteiger partial charge on any atom is -0.333 e. The molecule has 0 spiro atoms. The number of nitrogens with zero attached hydrogens (tertiary/aromatic N) is 1. The van der Waals surface area contributed by atoms with Crippen LogP contribution in [0.2, 0.25) is 0 Å². The maximum Gasteiger partial charge on any atom is 0.0863 e. The van der Waals surface area contributed by atoms with E-state index >= 15 is 0 Å². The predicted molar refractivity (Wildman–Crippen MR) is 55.9 cm³/mol. The summed E-state index contributed by atoms with van der Waals surface area (Å²) in [5.41, 5.74) is 0. The fourth-order valence-electron chi connectivity index (χ4n) is 1.22. The molecular formula is C8H11NS2. The van der Waals surface area contributed by atoms with Crippen molar-refractivity contribution in [1.82, 2.24) is 4.90 Å². The molecule has 0 bridgehead atoms. The quantitative estimate of drug-likeness (QED) is 0.479. The van der Waals surface area contributed by atoms with Crippen molar-refractivity contribution < 1.29 is 0 Å². The lowest BCUT2D eigenvalue weighted by atomic mass is 10.1. The van der Waals surface area contributed by atoms with Crippen molar-refractivity contribution in [3.8, 4) is 0 Å². The van der Waals surface area contributed by atoms with Gasteiger partial charge in [0.1, 0.15) is 0 Å². The molecule has 1 aliphatic heterocycles. The normalized spacial score (nSPS) is 24.5. The third-order valence-electron chi connectivity index (χ3n) is 1.93. The monoisotopic (exact) mass is 185 g/mol. The lowest BCUT2D eigenvalue weighted by molar-refractivity contribution is 0.740. The number of rotatable bonds is 2. The fourth-order valence-corrected chi connectivity index (χ4v) is 1.86. The molecule has 1 heterocycles. The van der Waals surface area contributed by atoms with Crippen molar-refractivity contribution >= 4 is 34.4 Å². The Balaban J connectivity index is 2.66. The van der Waals surface area contributed by atoms with Crippen LogP contribution in [0, 0.1) is 5.92 Å². The van der Waals surface area contributed by atoms with Gasteiger partial charge in [-0.1, -0.05) is 30.5 Å². The molecular weight excluding hydrogens is 174 g/mol. The van der Waals surface area contributed by atoms with E-state index in [4.69, 9.17) is 24.4 Å². The van der Waals surface area contributed by atoms with E-state index < -0.39 is 0 Å². The van der Waals surface area contributed by atoms with E-state index in [0.717, 1.165) is 22.8 Å². The Hall–Kier alpha value is -0.280. The first-order valence-electron chi connectivity index (χ1n) is 3.58. The zero-order chi connectivity index (χ0) is 8.43. The Morgan fingerprint density at radius 1 is 1.73 bits per heavy atom. The van der Waals surface area contributed by atoms with Crippen molar-refractivity contribution in [2.75, 3.05) is 7.05 Å². The van der Waals surface area contributed by atoms with Crippen molar-refractivity contribution in [1.29, 1.82) is 0 Å². The molecule has 60 valence electrons. The largest absolute Gasteiger partial charge is 0.333 e. The van der Waals surface area contributed by atoms with E-state index in [9.17, 15) is 0 Å². The number of hydrogen-bond acceptors (Lipinski definition) is 2. The average Bonchev–Trinajstić information content (AvgIpc) is 2.19. The second kappa shape index (κ2) is 3.41. The molecule has 1 atom stereocenters.